The minimum atomic E-state index is -0.207. The molecule has 4 atom stereocenters. The molecule has 5 heteroatoms. The summed E-state index contributed by atoms with van der Waals surface area (Å²) < 4.78 is 0. The minimum Gasteiger partial charge on any atom is -0.344 e. The summed E-state index contributed by atoms with van der Waals surface area (Å²) in [5.74, 6) is -0.451. The van der Waals surface area contributed by atoms with Crippen molar-refractivity contribution in [1.29, 1.82) is 0 Å². The molecular formula is C15H20N2O3. The summed E-state index contributed by atoms with van der Waals surface area (Å²) >= 11 is 0. The number of amides is 3. The Bertz CT molecular complexity index is 469. The molecule has 3 amide bonds. The topological polar surface area (TPSA) is 57.7 Å². The normalized spacial score (nSPS) is 34.0. The lowest BCUT2D eigenvalue weighted by atomic mass is 9.85. The first kappa shape index (κ1) is 13.3. The van der Waals surface area contributed by atoms with E-state index in [1.807, 2.05) is 6.92 Å². The third-order valence-corrected chi connectivity index (χ3v) is 4.84. The fourth-order valence-corrected chi connectivity index (χ4v) is 3.84. The molecule has 2 aliphatic carbocycles. The highest BCUT2D eigenvalue weighted by atomic mass is 16.2. The zero-order valence-electron chi connectivity index (χ0n) is 11.9. The second-order valence-electron chi connectivity index (χ2n) is 6.08. The second-order valence-corrected chi connectivity index (χ2v) is 6.08. The summed E-state index contributed by atoms with van der Waals surface area (Å²) in [5, 5.41) is 0. The van der Waals surface area contributed by atoms with Gasteiger partial charge in [-0.25, -0.2) is 0 Å². The molecule has 1 heterocycles. The van der Waals surface area contributed by atoms with Crippen LogP contribution in [-0.4, -0.2) is 47.7 Å². The maximum absolute atomic E-state index is 12.4. The average molecular weight is 276 g/mol. The van der Waals surface area contributed by atoms with Gasteiger partial charge in [-0.05, 0) is 24.7 Å². The van der Waals surface area contributed by atoms with E-state index in [1.54, 1.807) is 11.9 Å². The van der Waals surface area contributed by atoms with Crippen LogP contribution in [0.1, 0.15) is 19.8 Å². The quantitative estimate of drug-likeness (QED) is 0.560. The molecule has 0 radical (unpaired) electrons. The van der Waals surface area contributed by atoms with Crippen LogP contribution in [0.15, 0.2) is 12.2 Å². The molecule has 108 valence electrons. The molecule has 1 saturated carbocycles. The van der Waals surface area contributed by atoms with Crippen LogP contribution >= 0.6 is 0 Å². The lowest BCUT2D eigenvalue weighted by Crippen LogP contribution is -2.42. The van der Waals surface area contributed by atoms with Crippen molar-refractivity contribution in [2.24, 2.45) is 23.7 Å². The van der Waals surface area contributed by atoms with Gasteiger partial charge < -0.3 is 4.90 Å². The molecule has 5 nitrogen and oxygen atoms in total. The smallest absolute Gasteiger partial charge is 0.242 e. The first-order valence-corrected chi connectivity index (χ1v) is 7.32. The number of hydrogen-bond donors (Lipinski definition) is 0. The van der Waals surface area contributed by atoms with Crippen LogP contribution in [0.25, 0.3) is 0 Å². The summed E-state index contributed by atoms with van der Waals surface area (Å²) in [4.78, 5) is 39.6. The van der Waals surface area contributed by atoms with E-state index in [-0.39, 0.29) is 47.9 Å². The maximum atomic E-state index is 12.4. The van der Waals surface area contributed by atoms with Crippen LogP contribution in [0.3, 0.4) is 0 Å². The van der Waals surface area contributed by atoms with Crippen LogP contribution in [0.4, 0.5) is 0 Å². The Morgan fingerprint density at radius 1 is 1.25 bits per heavy atom. The molecule has 3 aliphatic rings. The largest absolute Gasteiger partial charge is 0.344 e. The van der Waals surface area contributed by atoms with Crippen molar-refractivity contribution in [3.05, 3.63) is 12.2 Å². The molecule has 0 aromatic rings. The van der Waals surface area contributed by atoms with Gasteiger partial charge in [0.2, 0.25) is 17.7 Å². The molecule has 3 rings (SSSR count). The molecule has 0 spiro atoms. The Balaban J connectivity index is 1.72. The summed E-state index contributed by atoms with van der Waals surface area (Å²) in [6.07, 6.45) is 5.91. The fraction of sp³-hybridized carbons (Fsp3) is 0.667. The molecule has 20 heavy (non-hydrogen) atoms. The number of rotatable bonds is 4. The number of hydrogen-bond acceptors (Lipinski definition) is 3. The lowest BCUT2D eigenvalue weighted by Gasteiger charge is -2.21. The van der Waals surface area contributed by atoms with Gasteiger partial charge in [-0.15, -0.1) is 0 Å². The van der Waals surface area contributed by atoms with Gasteiger partial charge in [0.25, 0.3) is 0 Å². The van der Waals surface area contributed by atoms with Crippen LogP contribution in [0, 0.1) is 23.7 Å². The van der Waals surface area contributed by atoms with Crippen molar-refractivity contribution in [3.8, 4) is 0 Å². The number of nitrogens with zero attached hydrogens (tertiary/aromatic N) is 2. The Kier molecular flexibility index (Phi) is 3.15. The molecule has 1 saturated heterocycles. The molecule has 0 aromatic carbocycles. The highest BCUT2D eigenvalue weighted by Gasteiger charge is 2.59. The van der Waals surface area contributed by atoms with Crippen molar-refractivity contribution in [1.82, 2.24) is 9.80 Å². The standard InChI is InChI=1S/C15H20N2O3/c1-3-6-16(2)11(18)8-17-14(19)12-9-4-5-10(7-9)13(12)15(17)20/h4-5,9-10,12-13H,3,6-8H2,1-2H3. The van der Waals surface area contributed by atoms with Crippen LogP contribution < -0.4 is 0 Å². The van der Waals surface area contributed by atoms with Gasteiger partial charge in [0.05, 0.1) is 11.8 Å². The summed E-state index contributed by atoms with van der Waals surface area (Å²) in [6, 6.07) is 0. The third-order valence-electron chi connectivity index (χ3n) is 4.84. The number of allylic oxidation sites excluding steroid dienone is 2. The second kappa shape index (κ2) is 4.72. The van der Waals surface area contributed by atoms with Gasteiger partial charge in [0.15, 0.2) is 0 Å². The molecule has 2 fully saturated rings. The molecule has 0 N–H and O–H groups in total. The Hall–Kier alpha value is -1.65. The van der Waals surface area contributed by atoms with Crippen LogP contribution in [0.5, 0.6) is 0 Å². The molecule has 4 unspecified atom stereocenters. The third kappa shape index (κ3) is 1.79. The van der Waals surface area contributed by atoms with E-state index in [9.17, 15) is 14.4 Å². The van der Waals surface area contributed by atoms with E-state index in [1.165, 1.54) is 4.90 Å². The summed E-state index contributed by atoms with van der Waals surface area (Å²) in [6.45, 7) is 2.54. The van der Waals surface area contributed by atoms with E-state index < -0.39 is 0 Å². The molecular weight excluding hydrogens is 256 g/mol. The van der Waals surface area contributed by atoms with E-state index in [0.717, 1.165) is 12.8 Å². The lowest BCUT2D eigenvalue weighted by molar-refractivity contribution is -0.146. The van der Waals surface area contributed by atoms with E-state index in [2.05, 4.69) is 12.2 Å². The number of fused-ring (bicyclic) bond motifs is 5. The highest BCUT2D eigenvalue weighted by molar-refractivity contribution is 6.08. The maximum Gasteiger partial charge on any atom is 0.242 e. The fourth-order valence-electron chi connectivity index (χ4n) is 3.84. The van der Waals surface area contributed by atoms with Crippen molar-refractivity contribution in [2.45, 2.75) is 19.8 Å². The van der Waals surface area contributed by atoms with Crippen molar-refractivity contribution in [2.75, 3.05) is 20.1 Å². The highest BCUT2D eigenvalue weighted by Crippen LogP contribution is 2.52. The van der Waals surface area contributed by atoms with E-state index >= 15 is 0 Å². The number of imide groups is 1. The number of likely N-dealkylation sites (N-methyl/N-ethyl adjacent to an activating group) is 1. The van der Waals surface area contributed by atoms with Gasteiger partial charge in [0, 0.05) is 13.6 Å². The van der Waals surface area contributed by atoms with Crippen LogP contribution in [0.2, 0.25) is 0 Å². The number of carbonyl (C=O) groups excluding carboxylic acids is 3. The SMILES string of the molecule is CCCN(C)C(=O)CN1C(=O)C2C3C=CC(C3)C2C1=O. The summed E-state index contributed by atoms with van der Waals surface area (Å²) in [5.41, 5.74) is 0. The zero-order valence-corrected chi connectivity index (χ0v) is 11.9. The first-order valence-electron chi connectivity index (χ1n) is 7.32. The summed E-state index contributed by atoms with van der Waals surface area (Å²) in [7, 11) is 1.71. The number of likely N-dealkylation sites (tertiary alicyclic amines) is 1. The number of carbonyl (C=O) groups is 3. The monoisotopic (exact) mass is 276 g/mol. The molecule has 1 aliphatic heterocycles. The van der Waals surface area contributed by atoms with Gasteiger partial charge >= 0.3 is 0 Å². The predicted molar refractivity (Wildman–Crippen MR) is 72.4 cm³/mol. The molecule has 2 bridgehead atoms. The van der Waals surface area contributed by atoms with Crippen molar-refractivity contribution in [3.63, 3.8) is 0 Å². The van der Waals surface area contributed by atoms with Gasteiger partial charge in [-0.3, -0.25) is 19.3 Å². The Labute approximate surface area is 118 Å². The van der Waals surface area contributed by atoms with Gasteiger partial charge in [-0.1, -0.05) is 19.1 Å². The van der Waals surface area contributed by atoms with Crippen molar-refractivity contribution < 1.29 is 14.4 Å². The van der Waals surface area contributed by atoms with Gasteiger partial charge in [0.1, 0.15) is 6.54 Å². The molecule has 0 aromatic heterocycles. The van der Waals surface area contributed by atoms with E-state index in [4.69, 9.17) is 0 Å². The Morgan fingerprint density at radius 2 is 1.80 bits per heavy atom. The predicted octanol–water partition coefficient (Wildman–Crippen LogP) is 0.662. The Morgan fingerprint density at radius 3 is 2.30 bits per heavy atom. The zero-order chi connectivity index (χ0) is 14.4. The van der Waals surface area contributed by atoms with Crippen molar-refractivity contribution >= 4 is 17.7 Å². The minimum absolute atomic E-state index is 0.0966. The average Bonchev–Trinajstić information content (AvgIpc) is 3.08. The van der Waals surface area contributed by atoms with Gasteiger partial charge in [-0.2, -0.15) is 0 Å². The first-order chi connectivity index (χ1) is 9.54. The van der Waals surface area contributed by atoms with Crippen LogP contribution in [-0.2, 0) is 14.4 Å². The van der Waals surface area contributed by atoms with E-state index in [0.29, 0.717) is 6.54 Å².